The van der Waals surface area contributed by atoms with Crippen LogP contribution in [0.4, 0.5) is 5.95 Å². The minimum absolute atomic E-state index is 0.402. The molecule has 1 aromatic heterocycles. The fourth-order valence-electron chi connectivity index (χ4n) is 2.61. The van der Waals surface area contributed by atoms with Gasteiger partial charge in [0.05, 0.1) is 10.9 Å². The highest BCUT2D eigenvalue weighted by Crippen LogP contribution is 2.46. The summed E-state index contributed by atoms with van der Waals surface area (Å²) in [7, 11) is 0. The molecule has 0 amide bonds. The molecule has 2 aliphatic rings. The van der Waals surface area contributed by atoms with E-state index in [0.717, 1.165) is 31.4 Å². The zero-order chi connectivity index (χ0) is 11.7. The van der Waals surface area contributed by atoms with E-state index in [1.54, 1.807) is 12.4 Å². The Balaban J connectivity index is 1.58. The van der Waals surface area contributed by atoms with Gasteiger partial charge in [0.25, 0.3) is 0 Å². The topological polar surface area (TPSA) is 38.2 Å². The molecule has 2 aliphatic heterocycles. The molecule has 0 aromatic carbocycles. The van der Waals surface area contributed by atoms with Crippen molar-refractivity contribution in [3.8, 4) is 0 Å². The van der Waals surface area contributed by atoms with Crippen molar-refractivity contribution in [1.29, 1.82) is 0 Å². The first kappa shape index (κ1) is 11.3. The summed E-state index contributed by atoms with van der Waals surface area (Å²) in [5.74, 6) is 2.00. The van der Waals surface area contributed by atoms with Crippen LogP contribution in [0.2, 0.25) is 0 Å². The first-order valence-corrected chi connectivity index (χ1v) is 7.07. The summed E-state index contributed by atoms with van der Waals surface area (Å²) in [6.45, 7) is 5.02. The molecule has 1 atom stereocenters. The van der Waals surface area contributed by atoms with E-state index in [9.17, 15) is 0 Å². The minimum Gasteiger partial charge on any atom is -0.378 e. The zero-order valence-electron chi connectivity index (χ0n) is 10.0. The van der Waals surface area contributed by atoms with E-state index in [1.165, 1.54) is 6.42 Å². The third-order valence-corrected chi connectivity index (χ3v) is 4.95. The average Bonchev–Trinajstić information content (AvgIpc) is 2.73. The lowest BCUT2D eigenvalue weighted by Gasteiger charge is -2.47. The molecule has 0 radical (unpaired) electrons. The predicted octanol–water partition coefficient (Wildman–Crippen LogP) is 1.58. The normalized spacial score (nSPS) is 26.2. The van der Waals surface area contributed by atoms with E-state index in [2.05, 4.69) is 33.6 Å². The van der Waals surface area contributed by atoms with Crippen LogP contribution < -0.4 is 4.90 Å². The second-order valence-electron chi connectivity index (χ2n) is 4.68. The third-order valence-electron chi connectivity index (χ3n) is 3.37. The van der Waals surface area contributed by atoms with Crippen LogP contribution >= 0.6 is 11.8 Å². The summed E-state index contributed by atoms with van der Waals surface area (Å²) < 4.78 is 6.11. The maximum absolute atomic E-state index is 5.70. The molecule has 0 saturated carbocycles. The van der Waals surface area contributed by atoms with Gasteiger partial charge in [-0.05, 0) is 19.4 Å². The van der Waals surface area contributed by atoms with Crippen LogP contribution in [0.25, 0.3) is 0 Å². The molecule has 1 spiro atoms. The Hall–Kier alpha value is -0.810. The van der Waals surface area contributed by atoms with Crippen LogP contribution in [0.5, 0.6) is 0 Å². The lowest BCUT2D eigenvalue weighted by molar-refractivity contribution is 0.0699. The standard InChI is InChI=1S/C12H17N3OS/c1-2-16-10-6-12(17-7-10)8-15(9-12)11-13-4-3-5-14-11/h3-5,10H,2,6-9H2,1H3/t10-/m0/s1. The van der Waals surface area contributed by atoms with Gasteiger partial charge in [0.1, 0.15) is 0 Å². The summed E-state index contributed by atoms with van der Waals surface area (Å²) in [5, 5.41) is 0. The number of hydrogen-bond acceptors (Lipinski definition) is 5. The van der Waals surface area contributed by atoms with E-state index in [1.807, 2.05) is 6.07 Å². The molecule has 5 heteroatoms. The van der Waals surface area contributed by atoms with E-state index >= 15 is 0 Å². The molecule has 3 heterocycles. The molecule has 4 nitrogen and oxygen atoms in total. The maximum Gasteiger partial charge on any atom is 0.225 e. The van der Waals surface area contributed by atoms with Crippen LogP contribution in [0.3, 0.4) is 0 Å². The Morgan fingerprint density at radius 3 is 2.94 bits per heavy atom. The second kappa shape index (κ2) is 4.46. The number of rotatable bonds is 3. The number of anilines is 1. The van der Waals surface area contributed by atoms with Crippen LogP contribution in [0.15, 0.2) is 18.5 Å². The van der Waals surface area contributed by atoms with Crippen molar-refractivity contribution in [2.24, 2.45) is 0 Å². The Morgan fingerprint density at radius 2 is 2.24 bits per heavy atom. The van der Waals surface area contributed by atoms with Gasteiger partial charge < -0.3 is 9.64 Å². The molecule has 0 aliphatic carbocycles. The van der Waals surface area contributed by atoms with Crippen LogP contribution in [-0.4, -0.2) is 46.3 Å². The van der Waals surface area contributed by atoms with Crippen LogP contribution in [0.1, 0.15) is 13.3 Å². The van der Waals surface area contributed by atoms with Crippen LogP contribution in [0, 0.1) is 0 Å². The van der Waals surface area contributed by atoms with Gasteiger partial charge in [0.2, 0.25) is 5.95 Å². The van der Waals surface area contributed by atoms with E-state index in [-0.39, 0.29) is 0 Å². The Bertz CT molecular complexity index is 381. The Kier molecular flexibility index (Phi) is 2.96. The van der Waals surface area contributed by atoms with Gasteiger partial charge >= 0.3 is 0 Å². The van der Waals surface area contributed by atoms with Gasteiger partial charge in [-0.3, -0.25) is 0 Å². The average molecular weight is 251 g/mol. The number of nitrogens with zero attached hydrogens (tertiary/aromatic N) is 3. The fourth-order valence-corrected chi connectivity index (χ4v) is 4.16. The van der Waals surface area contributed by atoms with Crippen molar-refractivity contribution >= 4 is 17.7 Å². The Morgan fingerprint density at radius 1 is 1.47 bits per heavy atom. The van der Waals surface area contributed by atoms with Gasteiger partial charge in [-0.1, -0.05) is 0 Å². The highest BCUT2D eigenvalue weighted by Gasteiger charge is 2.50. The van der Waals surface area contributed by atoms with Crippen LogP contribution in [-0.2, 0) is 4.74 Å². The number of aromatic nitrogens is 2. The van der Waals surface area contributed by atoms with Crippen molar-refractivity contribution < 1.29 is 4.74 Å². The molecule has 0 N–H and O–H groups in total. The van der Waals surface area contributed by atoms with Crippen molar-refractivity contribution in [2.45, 2.75) is 24.2 Å². The van der Waals surface area contributed by atoms with Gasteiger partial charge in [0.15, 0.2) is 0 Å². The maximum atomic E-state index is 5.70. The monoisotopic (exact) mass is 251 g/mol. The number of thioether (sulfide) groups is 1. The summed E-state index contributed by atoms with van der Waals surface area (Å²) in [5.41, 5.74) is 0. The number of hydrogen-bond donors (Lipinski definition) is 0. The summed E-state index contributed by atoms with van der Waals surface area (Å²) in [6, 6.07) is 1.86. The molecule has 2 fully saturated rings. The van der Waals surface area contributed by atoms with E-state index in [0.29, 0.717) is 10.9 Å². The molecule has 0 unspecified atom stereocenters. The molecule has 2 saturated heterocycles. The first-order chi connectivity index (χ1) is 8.31. The molecule has 92 valence electrons. The Labute approximate surface area is 106 Å². The summed E-state index contributed by atoms with van der Waals surface area (Å²) in [4.78, 5) is 10.8. The van der Waals surface area contributed by atoms with Crippen molar-refractivity contribution in [3.63, 3.8) is 0 Å². The molecule has 3 rings (SSSR count). The SMILES string of the molecule is CCO[C@@H]1CSC2(C1)CN(c1ncccn1)C2. The molecular formula is C12H17N3OS. The van der Waals surface area contributed by atoms with Crippen molar-refractivity contribution in [3.05, 3.63) is 18.5 Å². The smallest absolute Gasteiger partial charge is 0.225 e. The highest BCUT2D eigenvalue weighted by molar-refractivity contribution is 8.01. The molecule has 0 bridgehead atoms. The lowest BCUT2D eigenvalue weighted by Crippen LogP contribution is -2.59. The lowest BCUT2D eigenvalue weighted by atomic mass is 9.93. The van der Waals surface area contributed by atoms with Gasteiger partial charge in [-0.2, -0.15) is 0 Å². The summed E-state index contributed by atoms with van der Waals surface area (Å²) in [6.07, 6.45) is 5.23. The van der Waals surface area contributed by atoms with Gasteiger partial charge in [-0.15, -0.1) is 11.8 Å². The van der Waals surface area contributed by atoms with Gasteiger partial charge in [0, 0.05) is 37.8 Å². The highest BCUT2D eigenvalue weighted by atomic mass is 32.2. The fraction of sp³-hybridized carbons (Fsp3) is 0.667. The van der Waals surface area contributed by atoms with Crippen molar-refractivity contribution in [1.82, 2.24) is 9.97 Å². The second-order valence-corrected chi connectivity index (χ2v) is 6.17. The molecule has 1 aromatic rings. The minimum atomic E-state index is 0.402. The molecule has 17 heavy (non-hydrogen) atoms. The number of ether oxygens (including phenoxy) is 1. The first-order valence-electron chi connectivity index (χ1n) is 6.09. The zero-order valence-corrected chi connectivity index (χ0v) is 10.8. The quantitative estimate of drug-likeness (QED) is 0.815. The summed E-state index contributed by atoms with van der Waals surface area (Å²) >= 11 is 2.06. The largest absolute Gasteiger partial charge is 0.378 e. The van der Waals surface area contributed by atoms with Crippen molar-refractivity contribution in [2.75, 3.05) is 30.3 Å². The van der Waals surface area contributed by atoms with Gasteiger partial charge in [-0.25, -0.2) is 9.97 Å². The van der Waals surface area contributed by atoms with E-state index < -0.39 is 0 Å². The molecular weight excluding hydrogens is 234 g/mol. The van der Waals surface area contributed by atoms with E-state index in [4.69, 9.17) is 4.74 Å². The predicted molar refractivity (Wildman–Crippen MR) is 69.5 cm³/mol. The third kappa shape index (κ3) is 2.13.